The fraction of sp³-hybridized carbons (Fsp3) is 0.917. The van der Waals surface area contributed by atoms with Crippen molar-refractivity contribution in [3.8, 4) is 6.07 Å². The van der Waals surface area contributed by atoms with Crippen LogP contribution in [0.5, 0.6) is 0 Å². The lowest BCUT2D eigenvalue weighted by Gasteiger charge is -2.31. The third kappa shape index (κ3) is 5.45. The van der Waals surface area contributed by atoms with Gasteiger partial charge in [0.05, 0.1) is 25.4 Å². The minimum atomic E-state index is 0.119. The lowest BCUT2D eigenvalue weighted by molar-refractivity contribution is -0.00784. The fourth-order valence-corrected chi connectivity index (χ4v) is 2.06. The van der Waals surface area contributed by atoms with E-state index in [1.807, 2.05) is 0 Å². The summed E-state index contributed by atoms with van der Waals surface area (Å²) in [5, 5.41) is 17.1. The molecule has 16 heavy (non-hydrogen) atoms. The third-order valence-corrected chi connectivity index (χ3v) is 2.99. The highest BCUT2D eigenvalue weighted by Gasteiger charge is 2.18. The van der Waals surface area contributed by atoms with E-state index in [1.165, 1.54) is 0 Å². The molecule has 0 radical (unpaired) electrons. The molecule has 0 amide bonds. The van der Waals surface area contributed by atoms with E-state index >= 15 is 0 Å². The van der Waals surface area contributed by atoms with Crippen LogP contribution in [0.4, 0.5) is 0 Å². The molecule has 0 aliphatic carbocycles. The standard InChI is InChI=1S/C12H22N2O2/c13-6-2-1-3-7-14-8-4-12(5-9-14)16-11-10-15/h12,15H,1-5,7-11H2. The molecule has 0 atom stereocenters. The van der Waals surface area contributed by atoms with Gasteiger partial charge in [-0.2, -0.15) is 5.26 Å². The third-order valence-electron chi connectivity index (χ3n) is 2.99. The lowest BCUT2D eigenvalue weighted by atomic mass is 10.1. The Kier molecular flexibility index (Phi) is 7.15. The highest BCUT2D eigenvalue weighted by molar-refractivity contribution is 4.73. The second kappa shape index (κ2) is 8.51. The van der Waals surface area contributed by atoms with E-state index in [1.54, 1.807) is 0 Å². The predicted molar refractivity (Wildman–Crippen MR) is 62.0 cm³/mol. The average Bonchev–Trinajstić information content (AvgIpc) is 2.33. The molecule has 4 nitrogen and oxygen atoms in total. The van der Waals surface area contributed by atoms with Crippen molar-refractivity contribution < 1.29 is 9.84 Å². The van der Waals surface area contributed by atoms with Crippen molar-refractivity contribution in [3.05, 3.63) is 0 Å². The van der Waals surface area contributed by atoms with Crippen LogP contribution in [0.15, 0.2) is 0 Å². The SMILES string of the molecule is N#CCCCCN1CCC(OCCO)CC1. The van der Waals surface area contributed by atoms with Gasteiger partial charge in [0.25, 0.3) is 0 Å². The van der Waals surface area contributed by atoms with Gasteiger partial charge in [0.2, 0.25) is 0 Å². The molecule has 1 fully saturated rings. The van der Waals surface area contributed by atoms with Crippen LogP contribution in [0.2, 0.25) is 0 Å². The van der Waals surface area contributed by atoms with Gasteiger partial charge < -0.3 is 14.7 Å². The minimum absolute atomic E-state index is 0.119. The zero-order valence-electron chi connectivity index (χ0n) is 9.90. The number of likely N-dealkylation sites (tertiary alicyclic amines) is 1. The molecule has 0 unspecified atom stereocenters. The van der Waals surface area contributed by atoms with E-state index in [2.05, 4.69) is 11.0 Å². The molecule has 0 aromatic rings. The van der Waals surface area contributed by atoms with Crippen molar-refractivity contribution in [1.29, 1.82) is 5.26 Å². The molecule has 0 saturated carbocycles. The van der Waals surface area contributed by atoms with Crippen molar-refractivity contribution in [1.82, 2.24) is 4.90 Å². The van der Waals surface area contributed by atoms with Gasteiger partial charge in [-0.15, -0.1) is 0 Å². The summed E-state index contributed by atoms with van der Waals surface area (Å²) in [5.41, 5.74) is 0. The number of nitriles is 1. The first-order chi connectivity index (χ1) is 7.86. The summed E-state index contributed by atoms with van der Waals surface area (Å²) in [4.78, 5) is 2.44. The molecule has 92 valence electrons. The molecule has 1 aliphatic heterocycles. The van der Waals surface area contributed by atoms with Crippen LogP contribution in [0.25, 0.3) is 0 Å². The first-order valence-corrected chi connectivity index (χ1v) is 6.18. The lowest BCUT2D eigenvalue weighted by Crippen LogP contribution is -2.37. The highest BCUT2D eigenvalue weighted by Crippen LogP contribution is 2.14. The summed E-state index contributed by atoms with van der Waals surface area (Å²) in [6.45, 7) is 3.86. The van der Waals surface area contributed by atoms with Crippen molar-refractivity contribution in [2.45, 2.75) is 38.2 Å². The molecule has 1 saturated heterocycles. The smallest absolute Gasteiger partial charge is 0.0701 e. The maximum absolute atomic E-state index is 8.65. The van der Waals surface area contributed by atoms with Gasteiger partial charge in [0.1, 0.15) is 0 Å². The number of aliphatic hydroxyl groups excluding tert-OH is 1. The van der Waals surface area contributed by atoms with E-state index in [4.69, 9.17) is 15.1 Å². The second-order valence-electron chi connectivity index (χ2n) is 4.25. The van der Waals surface area contributed by atoms with Crippen molar-refractivity contribution >= 4 is 0 Å². The molecular weight excluding hydrogens is 204 g/mol. The topological polar surface area (TPSA) is 56.5 Å². The number of unbranched alkanes of at least 4 members (excludes halogenated alkanes) is 2. The Labute approximate surface area is 97.8 Å². The Hall–Kier alpha value is -0.630. The number of aliphatic hydroxyl groups is 1. The molecule has 0 aromatic carbocycles. The van der Waals surface area contributed by atoms with Crippen molar-refractivity contribution in [3.63, 3.8) is 0 Å². The molecular formula is C12H22N2O2. The average molecular weight is 226 g/mol. The number of hydrogen-bond donors (Lipinski definition) is 1. The van der Waals surface area contributed by atoms with Crippen LogP contribution in [0, 0.1) is 11.3 Å². The van der Waals surface area contributed by atoms with Gasteiger partial charge in [-0.1, -0.05) is 0 Å². The normalized spacial score (nSPS) is 18.5. The Morgan fingerprint density at radius 1 is 1.31 bits per heavy atom. The minimum Gasteiger partial charge on any atom is -0.394 e. The van der Waals surface area contributed by atoms with E-state index in [0.717, 1.165) is 45.3 Å². The number of hydrogen-bond acceptors (Lipinski definition) is 4. The van der Waals surface area contributed by atoms with Crippen LogP contribution in [-0.2, 0) is 4.74 Å². The number of piperidine rings is 1. The van der Waals surface area contributed by atoms with Gasteiger partial charge in [-0.25, -0.2) is 0 Å². The Bertz CT molecular complexity index is 208. The number of ether oxygens (including phenoxy) is 1. The van der Waals surface area contributed by atoms with Crippen LogP contribution >= 0.6 is 0 Å². The van der Waals surface area contributed by atoms with Crippen molar-refractivity contribution in [2.24, 2.45) is 0 Å². The molecule has 0 bridgehead atoms. The van der Waals surface area contributed by atoms with Gasteiger partial charge in [0, 0.05) is 19.5 Å². The first kappa shape index (κ1) is 13.4. The van der Waals surface area contributed by atoms with Gasteiger partial charge in [-0.3, -0.25) is 0 Å². The van der Waals surface area contributed by atoms with Gasteiger partial charge in [-0.05, 0) is 32.2 Å². The fourth-order valence-electron chi connectivity index (χ4n) is 2.06. The molecule has 1 N–H and O–H groups in total. The van der Waals surface area contributed by atoms with Crippen LogP contribution in [0.3, 0.4) is 0 Å². The van der Waals surface area contributed by atoms with E-state index in [9.17, 15) is 0 Å². The van der Waals surface area contributed by atoms with Crippen molar-refractivity contribution in [2.75, 3.05) is 32.8 Å². The maximum Gasteiger partial charge on any atom is 0.0701 e. The maximum atomic E-state index is 8.65. The molecule has 0 spiro atoms. The Morgan fingerprint density at radius 2 is 2.06 bits per heavy atom. The van der Waals surface area contributed by atoms with Gasteiger partial charge in [0.15, 0.2) is 0 Å². The van der Waals surface area contributed by atoms with E-state index < -0.39 is 0 Å². The highest BCUT2D eigenvalue weighted by atomic mass is 16.5. The summed E-state index contributed by atoms with van der Waals surface area (Å²) in [7, 11) is 0. The Morgan fingerprint density at radius 3 is 2.69 bits per heavy atom. The largest absolute Gasteiger partial charge is 0.394 e. The van der Waals surface area contributed by atoms with Crippen LogP contribution in [0.1, 0.15) is 32.1 Å². The van der Waals surface area contributed by atoms with Crippen LogP contribution < -0.4 is 0 Å². The second-order valence-corrected chi connectivity index (χ2v) is 4.25. The van der Waals surface area contributed by atoms with Gasteiger partial charge >= 0.3 is 0 Å². The quantitative estimate of drug-likeness (QED) is 0.662. The summed E-state index contributed by atoms with van der Waals surface area (Å²) in [6.07, 6.45) is 5.28. The van der Waals surface area contributed by atoms with Crippen LogP contribution in [-0.4, -0.2) is 49.0 Å². The van der Waals surface area contributed by atoms with E-state index in [-0.39, 0.29) is 6.61 Å². The zero-order valence-corrected chi connectivity index (χ0v) is 9.90. The molecule has 1 heterocycles. The first-order valence-electron chi connectivity index (χ1n) is 6.18. The molecule has 4 heteroatoms. The number of rotatable bonds is 7. The Balaban J connectivity index is 2.01. The number of nitrogens with zero attached hydrogens (tertiary/aromatic N) is 2. The van der Waals surface area contributed by atoms with E-state index in [0.29, 0.717) is 19.1 Å². The zero-order chi connectivity index (χ0) is 11.6. The summed E-state index contributed by atoms with van der Waals surface area (Å²) in [6, 6.07) is 2.17. The summed E-state index contributed by atoms with van der Waals surface area (Å²) < 4.78 is 5.50. The monoisotopic (exact) mass is 226 g/mol. The molecule has 1 aliphatic rings. The summed E-state index contributed by atoms with van der Waals surface area (Å²) >= 11 is 0. The summed E-state index contributed by atoms with van der Waals surface area (Å²) in [5.74, 6) is 0. The predicted octanol–water partition coefficient (Wildman–Crippen LogP) is 1.15. The molecule has 0 aromatic heterocycles. The molecule has 1 rings (SSSR count).